The molecule has 0 radical (unpaired) electrons. The van der Waals surface area contributed by atoms with Crippen molar-refractivity contribution in [2.75, 3.05) is 0 Å². The normalized spacial score (nSPS) is 10.4. The summed E-state index contributed by atoms with van der Waals surface area (Å²) in [5.74, 6) is 0.264. The molecule has 2 nitrogen and oxygen atoms in total. The predicted octanol–water partition coefficient (Wildman–Crippen LogP) is 7.11. The topological polar surface area (TPSA) is 32.6 Å². The van der Waals surface area contributed by atoms with Crippen LogP contribution in [0.25, 0.3) is 11.1 Å². The Hall–Kier alpha value is -1.58. The van der Waals surface area contributed by atoms with Crippen LogP contribution in [0.2, 0.25) is 0 Å². The molecule has 3 rings (SSSR count). The minimum atomic E-state index is -0.556. The summed E-state index contributed by atoms with van der Waals surface area (Å²) < 4.78 is 0. The van der Waals surface area contributed by atoms with Gasteiger partial charge in [-0.1, -0.05) is 36.4 Å². The molecule has 0 bridgehead atoms. The molecular formula is C22H21Cl2NOTi. The van der Waals surface area contributed by atoms with E-state index in [1.165, 1.54) is 11.1 Å². The van der Waals surface area contributed by atoms with Crippen LogP contribution >= 0.6 is 18.6 Å². The fraction of sp³-hybridized carbons (Fsp3) is 0.136. The SMILES string of the molecule is Cc1cc(C)cc(N=Cc2cc(C)cc(-c3ccccc3)c2O)c1.[Cl][Ti][Cl]. The number of halogens is 2. The van der Waals surface area contributed by atoms with Crippen molar-refractivity contribution in [1.82, 2.24) is 0 Å². The number of phenols is 1. The Morgan fingerprint density at radius 1 is 0.852 bits per heavy atom. The standard InChI is InChI=1S/C22H21NO.2ClH.Ti/c1-15-9-16(2)12-20(11-15)23-14-19-10-17(3)13-21(22(19)24)18-7-5-4-6-8-18;;;/h4-14,24H,1-3H3;2*1H;/q;;;+2/p-2. The third kappa shape index (κ3) is 6.51. The monoisotopic (exact) mass is 433 g/mol. The van der Waals surface area contributed by atoms with Gasteiger partial charge in [-0.25, -0.2) is 0 Å². The molecule has 0 heterocycles. The van der Waals surface area contributed by atoms with Gasteiger partial charge in [-0.15, -0.1) is 0 Å². The van der Waals surface area contributed by atoms with Crippen molar-refractivity contribution in [3.63, 3.8) is 0 Å². The number of aromatic hydroxyl groups is 1. The summed E-state index contributed by atoms with van der Waals surface area (Å²) in [6.07, 6.45) is 1.74. The Bertz CT molecular complexity index is 907. The Labute approximate surface area is 177 Å². The quantitative estimate of drug-likeness (QED) is 0.346. The molecule has 3 aromatic carbocycles. The van der Waals surface area contributed by atoms with Crippen LogP contribution in [0.3, 0.4) is 0 Å². The molecule has 0 fully saturated rings. The molecule has 0 saturated carbocycles. The van der Waals surface area contributed by atoms with Crippen molar-refractivity contribution >= 4 is 30.5 Å². The van der Waals surface area contributed by atoms with Crippen LogP contribution < -0.4 is 0 Å². The Balaban J connectivity index is 0.000000817. The van der Waals surface area contributed by atoms with E-state index in [9.17, 15) is 5.11 Å². The molecule has 0 amide bonds. The van der Waals surface area contributed by atoms with E-state index in [1.54, 1.807) is 6.21 Å². The first-order valence-electron chi connectivity index (χ1n) is 8.42. The third-order valence-electron chi connectivity index (χ3n) is 3.93. The van der Waals surface area contributed by atoms with Gasteiger partial charge < -0.3 is 5.11 Å². The molecule has 0 aliphatic rings. The summed E-state index contributed by atoms with van der Waals surface area (Å²) >= 11 is -0.556. The van der Waals surface area contributed by atoms with Crippen molar-refractivity contribution in [2.45, 2.75) is 20.8 Å². The van der Waals surface area contributed by atoms with Crippen molar-refractivity contribution in [3.8, 4) is 16.9 Å². The molecule has 0 atom stereocenters. The minimum absolute atomic E-state index is 0.264. The van der Waals surface area contributed by atoms with Gasteiger partial charge in [-0.05, 0) is 67.3 Å². The second-order valence-corrected chi connectivity index (χ2v) is 8.87. The molecule has 0 aromatic heterocycles. The number of phenolic OH excluding ortho intramolecular Hbond substituents is 1. The first-order valence-corrected chi connectivity index (χ1v) is 12.7. The van der Waals surface area contributed by atoms with E-state index in [2.05, 4.69) is 24.9 Å². The molecule has 5 heteroatoms. The summed E-state index contributed by atoms with van der Waals surface area (Å²) in [7, 11) is 9.78. The molecule has 138 valence electrons. The van der Waals surface area contributed by atoms with Crippen LogP contribution in [0, 0.1) is 20.8 Å². The number of aliphatic imine (C=N–C) groups is 1. The summed E-state index contributed by atoms with van der Waals surface area (Å²) in [4.78, 5) is 4.55. The number of hydrogen-bond acceptors (Lipinski definition) is 2. The van der Waals surface area contributed by atoms with Crippen molar-refractivity contribution in [1.29, 1.82) is 0 Å². The summed E-state index contributed by atoms with van der Waals surface area (Å²) in [6.45, 7) is 6.15. The van der Waals surface area contributed by atoms with Crippen LogP contribution in [0.5, 0.6) is 5.75 Å². The van der Waals surface area contributed by atoms with Gasteiger partial charge >= 0.3 is 35.6 Å². The van der Waals surface area contributed by atoms with Crippen LogP contribution in [-0.2, 0) is 17.0 Å². The zero-order chi connectivity index (χ0) is 19.8. The zero-order valence-corrected chi connectivity index (χ0v) is 18.6. The van der Waals surface area contributed by atoms with Crippen LogP contribution in [-0.4, -0.2) is 11.3 Å². The molecule has 3 aromatic rings. The first kappa shape index (κ1) is 21.7. The van der Waals surface area contributed by atoms with Crippen molar-refractivity contribution < 1.29 is 22.1 Å². The Morgan fingerprint density at radius 2 is 1.41 bits per heavy atom. The molecule has 0 spiro atoms. The maximum absolute atomic E-state index is 10.7. The molecule has 0 aliphatic carbocycles. The number of nitrogens with zero attached hydrogens (tertiary/aromatic N) is 1. The van der Waals surface area contributed by atoms with E-state index in [0.29, 0.717) is 0 Å². The summed E-state index contributed by atoms with van der Waals surface area (Å²) in [5, 5.41) is 10.7. The first-order chi connectivity index (χ1) is 12.9. The van der Waals surface area contributed by atoms with Gasteiger partial charge in [0.25, 0.3) is 0 Å². The summed E-state index contributed by atoms with van der Waals surface area (Å²) in [6, 6.07) is 20.1. The van der Waals surface area contributed by atoms with E-state index < -0.39 is 17.0 Å². The number of rotatable bonds is 3. The van der Waals surface area contributed by atoms with Crippen LogP contribution in [0.15, 0.2) is 65.7 Å². The van der Waals surface area contributed by atoms with Gasteiger partial charge in [-0.2, -0.15) is 0 Å². The molecular weight excluding hydrogens is 413 g/mol. The third-order valence-corrected chi connectivity index (χ3v) is 3.93. The van der Waals surface area contributed by atoms with Gasteiger partial charge in [-0.3, -0.25) is 4.99 Å². The fourth-order valence-electron chi connectivity index (χ4n) is 2.91. The van der Waals surface area contributed by atoms with Gasteiger partial charge in [0.05, 0.1) is 5.69 Å². The van der Waals surface area contributed by atoms with Crippen LogP contribution in [0.4, 0.5) is 5.69 Å². The van der Waals surface area contributed by atoms with Crippen molar-refractivity contribution in [3.05, 3.63) is 82.9 Å². The van der Waals surface area contributed by atoms with E-state index >= 15 is 0 Å². The second-order valence-electron chi connectivity index (χ2n) is 6.29. The molecule has 0 saturated heterocycles. The molecule has 0 unspecified atom stereocenters. The Kier molecular flexibility index (Phi) is 8.59. The molecule has 1 N–H and O–H groups in total. The molecule has 0 aliphatic heterocycles. The van der Waals surface area contributed by atoms with E-state index in [4.69, 9.17) is 18.6 Å². The van der Waals surface area contributed by atoms with Crippen molar-refractivity contribution in [2.24, 2.45) is 4.99 Å². The number of benzene rings is 3. The van der Waals surface area contributed by atoms with Gasteiger partial charge in [0.1, 0.15) is 5.75 Å². The van der Waals surface area contributed by atoms with E-state index in [0.717, 1.165) is 27.9 Å². The van der Waals surface area contributed by atoms with Gasteiger partial charge in [0, 0.05) is 17.3 Å². The average Bonchev–Trinajstić information content (AvgIpc) is 2.63. The average molecular weight is 434 g/mol. The second kappa shape index (κ2) is 10.7. The molecule has 27 heavy (non-hydrogen) atoms. The Morgan fingerprint density at radius 3 is 2.00 bits per heavy atom. The van der Waals surface area contributed by atoms with Gasteiger partial charge in [0.15, 0.2) is 0 Å². The maximum atomic E-state index is 10.7. The van der Waals surface area contributed by atoms with E-state index in [1.807, 2.05) is 61.5 Å². The van der Waals surface area contributed by atoms with E-state index in [-0.39, 0.29) is 5.75 Å². The van der Waals surface area contributed by atoms with Gasteiger partial charge in [0.2, 0.25) is 0 Å². The number of hydrogen-bond donors (Lipinski definition) is 1. The zero-order valence-electron chi connectivity index (χ0n) is 15.5. The van der Waals surface area contributed by atoms with Crippen LogP contribution in [0.1, 0.15) is 22.3 Å². The fourth-order valence-corrected chi connectivity index (χ4v) is 2.91. The number of aryl methyl sites for hydroxylation is 3. The summed E-state index contributed by atoms with van der Waals surface area (Å²) in [5.41, 5.74) is 6.91. The predicted molar refractivity (Wildman–Crippen MR) is 113 cm³/mol.